The van der Waals surface area contributed by atoms with E-state index in [4.69, 9.17) is 4.42 Å². The lowest BCUT2D eigenvalue weighted by Gasteiger charge is -2.19. The fraction of sp³-hybridized carbons (Fsp3) is 0.286. The third-order valence-electron chi connectivity index (χ3n) is 4.15. The Kier molecular flexibility index (Phi) is 4.43. The Morgan fingerprint density at radius 3 is 2.42 bits per heavy atom. The summed E-state index contributed by atoms with van der Waals surface area (Å²) in [6, 6.07) is 17.8. The molecule has 0 spiro atoms. The minimum Gasteiger partial charge on any atom is -0.461 e. The Bertz CT molecular complexity index is 805. The summed E-state index contributed by atoms with van der Waals surface area (Å²) in [5, 5.41) is 4.05. The lowest BCUT2D eigenvalue weighted by Crippen LogP contribution is -2.25. The highest BCUT2D eigenvalue weighted by Gasteiger charge is 2.14. The fourth-order valence-corrected chi connectivity index (χ4v) is 2.68. The number of nitrogens with one attached hydrogen (secondary N) is 1. The number of furan rings is 1. The number of hydrogen-bond donors (Lipinski definition) is 1. The van der Waals surface area contributed by atoms with Gasteiger partial charge in [0.05, 0.1) is 0 Å². The van der Waals surface area contributed by atoms with E-state index >= 15 is 0 Å². The van der Waals surface area contributed by atoms with Gasteiger partial charge in [-0.15, -0.1) is 0 Å². The topological polar surface area (TPSA) is 42.2 Å². The van der Waals surface area contributed by atoms with Gasteiger partial charge in [-0.3, -0.25) is 4.79 Å². The van der Waals surface area contributed by atoms with E-state index in [-0.39, 0.29) is 11.3 Å². The van der Waals surface area contributed by atoms with Crippen LogP contribution >= 0.6 is 0 Å². The van der Waals surface area contributed by atoms with Crippen molar-refractivity contribution in [2.45, 2.75) is 32.6 Å². The summed E-state index contributed by atoms with van der Waals surface area (Å²) in [5.74, 6) is 0.839. The molecular weight excluding hydrogens is 298 g/mol. The predicted molar refractivity (Wildman–Crippen MR) is 97.4 cm³/mol. The van der Waals surface area contributed by atoms with Crippen molar-refractivity contribution in [2.75, 3.05) is 6.54 Å². The molecule has 24 heavy (non-hydrogen) atoms. The summed E-state index contributed by atoms with van der Waals surface area (Å²) in [6.07, 6.45) is 0.681. The minimum atomic E-state index is -0.0495. The molecule has 0 aliphatic rings. The molecule has 0 bridgehead atoms. The van der Waals surface area contributed by atoms with Crippen molar-refractivity contribution >= 4 is 16.9 Å². The van der Waals surface area contributed by atoms with Crippen molar-refractivity contribution in [3.05, 3.63) is 71.5 Å². The maximum atomic E-state index is 12.2. The molecule has 0 unspecified atom stereocenters. The van der Waals surface area contributed by atoms with Crippen molar-refractivity contribution in [1.29, 1.82) is 0 Å². The van der Waals surface area contributed by atoms with Gasteiger partial charge in [0.15, 0.2) is 0 Å². The van der Waals surface area contributed by atoms with Crippen LogP contribution in [0.1, 0.15) is 42.5 Å². The fourth-order valence-electron chi connectivity index (χ4n) is 2.68. The number of benzene rings is 2. The van der Waals surface area contributed by atoms with Gasteiger partial charge in [-0.05, 0) is 35.2 Å². The molecule has 0 saturated carbocycles. The van der Waals surface area contributed by atoms with E-state index < -0.39 is 0 Å². The second-order valence-electron chi connectivity index (χ2n) is 7.08. The molecule has 3 nitrogen and oxygen atoms in total. The normalized spacial score (nSPS) is 11.6. The molecule has 0 aliphatic heterocycles. The molecule has 2 aromatic carbocycles. The van der Waals surface area contributed by atoms with Gasteiger partial charge >= 0.3 is 0 Å². The van der Waals surface area contributed by atoms with E-state index in [1.807, 2.05) is 54.6 Å². The predicted octanol–water partition coefficient (Wildman–Crippen LogP) is 4.70. The number of amides is 1. The molecule has 0 saturated heterocycles. The number of hydrogen-bond acceptors (Lipinski definition) is 2. The molecule has 1 amide bonds. The van der Waals surface area contributed by atoms with Gasteiger partial charge < -0.3 is 9.73 Å². The Balaban J connectivity index is 1.57. The second kappa shape index (κ2) is 6.52. The SMILES string of the molecule is CC(C)(C)c1ccc(C(=O)NCCc2cc3ccccc3o2)cc1. The van der Waals surface area contributed by atoms with Gasteiger partial charge in [0.2, 0.25) is 0 Å². The van der Waals surface area contributed by atoms with Gasteiger partial charge in [0, 0.05) is 23.9 Å². The summed E-state index contributed by atoms with van der Waals surface area (Å²) in [4.78, 5) is 12.2. The van der Waals surface area contributed by atoms with E-state index in [0.717, 1.165) is 16.7 Å². The van der Waals surface area contributed by atoms with Crippen LogP contribution in [0.4, 0.5) is 0 Å². The molecule has 0 aliphatic carbocycles. The van der Waals surface area contributed by atoms with Crippen LogP contribution in [0.15, 0.2) is 59.0 Å². The molecule has 0 fully saturated rings. The standard InChI is InChI=1S/C21H23NO2/c1-21(2,3)17-10-8-15(9-11-17)20(23)22-13-12-18-14-16-6-4-5-7-19(16)24-18/h4-11,14H,12-13H2,1-3H3,(H,22,23). The Hall–Kier alpha value is -2.55. The van der Waals surface area contributed by atoms with Crippen LogP contribution in [-0.4, -0.2) is 12.5 Å². The first-order chi connectivity index (χ1) is 11.4. The van der Waals surface area contributed by atoms with Crippen molar-refractivity contribution in [2.24, 2.45) is 0 Å². The zero-order chi connectivity index (χ0) is 17.2. The second-order valence-corrected chi connectivity index (χ2v) is 7.08. The van der Waals surface area contributed by atoms with Crippen LogP contribution in [0.3, 0.4) is 0 Å². The van der Waals surface area contributed by atoms with Crippen molar-refractivity contribution in [3.8, 4) is 0 Å². The largest absolute Gasteiger partial charge is 0.461 e. The molecule has 1 N–H and O–H groups in total. The molecule has 0 radical (unpaired) electrons. The van der Waals surface area contributed by atoms with E-state index in [1.54, 1.807) is 0 Å². The highest BCUT2D eigenvalue weighted by Crippen LogP contribution is 2.22. The van der Waals surface area contributed by atoms with Crippen LogP contribution in [0.2, 0.25) is 0 Å². The van der Waals surface area contributed by atoms with Crippen molar-refractivity contribution in [3.63, 3.8) is 0 Å². The number of carbonyl (C=O) groups excluding carboxylic acids is 1. The molecule has 3 aromatic rings. The molecule has 124 valence electrons. The minimum absolute atomic E-state index is 0.0495. The van der Waals surface area contributed by atoms with E-state index in [9.17, 15) is 4.79 Å². The lowest BCUT2D eigenvalue weighted by atomic mass is 9.87. The first kappa shape index (κ1) is 16.3. The van der Waals surface area contributed by atoms with Gasteiger partial charge in [-0.2, -0.15) is 0 Å². The number of rotatable bonds is 4. The van der Waals surface area contributed by atoms with Gasteiger partial charge in [0.1, 0.15) is 11.3 Å². The lowest BCUT2D eigenvalue weighted by molar-refractivity contribution is 0.0953. The zero-order valence-corrected chi connectivity index (χ0v) is 14.4. The monoisotopic (exact) mass is 321 g/mol. The van der Waals surface area contributed by atoms with Gasteiger partial charge in [-0.25, -0.2) is 0 Å². The van der Waals surface area contributed by atoms with Crippen molar-refractivity contribution in [1.82, 2.24) is 5.32 Å². The van der Waals surface area contributed by atoms with Crippen LogP contribution in [-0.2, 0) is 11.8 Å². The average molecular weight is 321 g/mol. The van der Waals surface area contributed by atoms with E-state index in [1.165, 1.54) is 5.56 Å². The Morgan fingerprint density at radius 2 is 1.75 bits per heavy atom. The molecule has 0 atom stereocenters. The van der Waals surface area contributed by atoms with E-state index in [2.05, 4.69) is 26.1 Å². The quantitative estimate of drug-likeness (QED) is 0.756. The molecule has 1 aromatic heterocycles. The Morgan fingerprint density at radius 1 is 1.04 bits per heavy atom. The average Bonchev–Trinajstić information content (AvgIpc) is 2.96. The Labute approximate surface area is 142 Å². The molecule has 1 heterocycles. The van der Waals surface area contributed by atoms with Crippen LogP contribution in [0, 0.1) is 0 Å². The highest BCUT2D eigenvalue weighted by atomic mass is 16.3. The van der Waals surface area contributed by atoms with Crippen LogP contribution in [0.25, 0.3) is 11.0 Å². The molecular formula is C21H23NO2. The first-order valence-corrected chi connectivity index (χ1v) is 8.30. The summed E-state index contributed by atoms with van der Waals surface area (Å²) < 4.78 is 5.76. The summed E-state index contributed by atoms with van der Waals surface area (Å²) in [6.45, 7) is 7.04. The summed E-state index contributed by atoms with van der Waals surface area (Å²) in [5.41, 5.74) is 2.89. The summed E-state index contributed by atoms with van der Waals surface area (Å²) in [7, 11) is 0. The van der Waals surface area contributed by atoms with Gasteiger partial charge in [-0.1, -0.05) is 51.1 Å². The van der Waals surface area contributed by atoms with Crippen LogP contribution in [0.5, 0.6) is 0 Å². The maximum absolute atomic E-state index is 12.2. The van der Waals surface area contributed by atoms with E-state index in [0.29, 0.717) is 18.5 Å². The van der Waals surface area contributed by atoms with Gasteiger partial charge in [0.25, 0.3) is 5.91 Å². The number of carbonyl (C=O) groups is 1. The smallest absolute Gasteiger partial charge is 0.251 e. The highest BCUT2D eigenvalue weighted by molar-refractivity contribution is 5.94. The first-order valence-electron chi connectivity index (χ1n) is 8.30. The maximum Gasteiger partial charge on any atom is 0.251 e. The van der Waals surface area contributed by atoms with Crippen LogP contribution < -0.4 is 5.32 Å². The number of para-hydroxylation sites is 1. The number of fused-ring (bicyclic) bond motifs is 1. The third-order valence-corrected chi connectivity index (χ3v) is 4.15. The summed E-state index contributed by atoms with van der Waals surface area (Å²) >= 11 is 0. The molecule has 3 rings (SSSR count). The zero-order valence-electron chi connectivity index (χ0n) is 14.4. The van der Waals surface area contributed by atoms with Crippen molar-refractivity contribution < 1.29 is 9.21 Å². The molecule has 3 heteroatoms. The third kappa shape index (κ3) is 3.67.